The first-order chi connectivity index (χ1) is 43.4. The molecule has 0 saturated heterocycles. The Labute approximate surface area is 548 Å². The topological polar surface area (TPSA) is 237 Å². The van der Waals surface area contributed by atoms with E-state index in [2.05, 4.69) is 65.8 Å². The van der Waals surface area contributed by atoms with Crippen LogP contribution in [0.1, 0.15) is 337 Å². The van der Waals surface area contributed by atoms with Gasteiger partial charge in [-0.05, 0) is 63.2 Å². The van der Waals surface area contributed by atoms with Crippen LogP contribution in [-0.4, -0.2) is 96.7 Å². The maximum atomic E-state index is 13.0. The van der Waals surface area contributed by atoms with Crippen LogP contribution in [0.15, 0.2) is 24.3 Å². The molecule has 5 atom stereocenters. The van der Waals surface area contributed by atoms with Gasteiger partial charge < -0.3 is 33.8 Å². The lowest BCUT2D eigenvalue weighted by atomic mass is 10.0. The molecule has 0 aromatic heterocycles. The summed E-state index contributed by atoms with van der Waals surface area (Å²) in [6.07, 6.45) is 50.8. The summed E-state index contributed by atoms with van der Waals surface area (Å²) in [7, 11) is -9.91. The van der Waals surface area contributed by atoms with Crippen molar-refractivity contribution in [1.82, 2.24) is 0 Å². The van der Waals surface area contributed by atoms with Crippen LogP contribution < -0.4 is 0 Å². The fourth-order valence-electron chi connectivity index (χ4n) is 10.2. The van der Waals surface area contributed by atoms with Crippen LogP contribution in [-0.2, 0) is 65.4 Å². The number of unbranched alkanes of at least 4 members (excludes halogenated alkanes) is 35. The van der Waals surface area contributed by atoms with E-state index in [1.54, 1.807) is 0 Å². The smallest absolute Gasteiger partial charge is 0.462 e. The number of aliphatic hydroxyl groups excluding tert-OH is 1. The Morgan fingerprint density at radius 1 is 0.344 bits per heavy atom. The summed E-state index contributed by atoms with van der Waals surface area (Å²) in [5.41, 5.74) is 0. The van der Waals surface area contributed by atoms with Crippen LogP contribution in [0.25, 0.3) is 0 Å². The zero-order valence-corrected chi connectivity index (χ0v) is 59.7. The highest BCUT2D eigenvalue weighted by molar-refractivity contribution is 7.47. The van der Waals surface area contributed by atoms with Crippen molar-refractivity contribution in [1.29, 1.82) is 0 Å². The van der Waals surface area contributed by atoms with Crippen LogP contribution in [0.4, 0.5) is 0 Å². The number of carbonyl (C=O) groups excluding carboxylic acids is 4. The monoisotopic (exact) mass is 1320 g/mol. The first-order valence-electron chi connectivity index (χ1n) is 36.3. The number of phosphoric ester groups is 2. The third kappa shape index (κ3) is 64.3. The van der Waals surface area contributed by atoms with Crippen LogP contribution in [0.5, 0.6) is 0 Å². The van der Waals surface area contributed by atoms with Crippen molar-refractivity contribution < 1.29 is 80.2 Å². The first kappa shape index (κ1) is 87.5. The molecule has 0 aromatic rings. The summed E-state index contributed by atoms with van der Waals surface area (Å²) in [5, 5.41) is 10.6. The van der Waals surface area contributed by atoms with Gasteiger partial charge in [-0.3, -0.25) is 37.3 Å². The minimum atomic E-state index is -4.96. The largest absolute Gasteiger partial charge is 0.472 e. The molecular formula is C71H134O17P2. The molecule has 2 unspecified atom stereocenters. The summed E-state index contributed by atoms with van der Waals surface area (Å²) in [6.45, 7) is 9.42. The molecule has 0 spiro atoms. The molecule has 0 aliphatic heterocycles. The molecule has 90 heavy (non-hydrogen) atoms. The van der Waals surface area contributed by atoms with Gasteiger partial charge in [0.05, 0.1) is 26.4 Å². The van der Waals surface area contributed by atoms with Gasteiger partial charge in [0.25, 0.3) is 0 Å². The molecular weight excluding hydrogens is 1190 g/mol. The van der Waals surface area contributed by atoms with Crippen molar-refractivity contribution in [3.05, 3.63) is 24.3 Å². The Morgan fingerprint density at radius 2 is 0.600 bits per heavy atom. The average molecular weight is 1320 g/mol. The Morgan fingerprint density at radius 3 is 0.911 bits per heavy atom. The lowest BCUT2D eigenvalue weighted by molar-refractivity contribution is -0.161. The zero-order valence-electron chi connectivity index (χ0n) is 57.9. The van der Waals surface area contributed by atoms with E-state index in [4.69, 9.17) is 37.0 Å². The number of hydrogen-bond acceptors (Lipinski definition) is 15. The van der Waals surface area contributed by atoms with Gasteiger partial charge in [-0.2, -0.15) is 0 Å². The SMILES string of the molecule is CCCCCC/C=C\C=C/CCCCCCCC(=O)O[C@H](COC(=O)CCCCCCCCCCCCC(C)C)COP(=O)(O)OC[C@@H](O)COP(=O)(O)OC[C@@H](COC(=O)CCCCCCCCCC(C)C)OC(=O)CCCCCCCCCCCCCC. The van der Waals surface area contributed by atoms with Gasteiger partial charge in [0.15, 0.2) is 12.2 Å². The summed E-state index contributed by atoms with van der Waals surface area (Å²) < 4.78 is 68.3. The fraction of sp³-hybridized carbons (Fsp3) is 0.887. The van der Waals surface area contributed by atoms with Crippen molar-refractivity contribution in [3.8, 4) is 0 Å². The maximum Gasteiger partial charge on any atom is 0.472 e. The van der Waals surface area contributed by atoms with Crippen molar-refractivity contribution in [3.63, 3.8) is 0 Å². The summed E-state index contributed by atoms with van der Waals surface area (Å²) in [4.78, 5) is 72.5. The maximum absolute atomic E-state index is 13.0. The lowest BCUT2D eigenvalue weighted by Crippen LogP contribution is -2.30. The van der Waals surface area contributed by atoms with Crippen LogP contribution in [0.3, 0.4) is 0 Å². The third-order valence-electron chi connectivity index (χ3n) is 15.8. The molecule has 0 bridgehead atoms. The molecule has 0 aromatic carbocycles. The Kier molecular flexibility index (Phi) is 60.9. The highest BCUT2D eigenvalue weighted by atomic mass is 31.2. The number of allylic oxidation sites excluding steroid dienone is 4. The van der Waals surface area contributed by atoms with Gasteiger partial charge in [-0.15, -0.1) is 0 Å². The minimum absolute atomic E-state index is 0.0846. The number of rotatable bonds is 68. The molecule has 0 rings (SSSR count). The second-order valence-electron chi connectivity index (χ2n) is 25.9. The Hall–Kier alpha value is -2.46. The molecule has 3 N–H and O–H groups in total. The molecule has 17 nitrogen and oxygen atoms in total. The molecule has 530 valence electrons. The van der Waals surface area contributed by atoms with Gasteiger partial charge in [0, 0.05) is 25.7 Å². The minimum Gasteiger partial charge on any atom is -0.462 e. The highest BCUT2D eigenvalue weighted by Gasteiger charge is 2.30. The molecule has 0 aliphatic carbocycles. The van der Waals surface area contributed by atoms with E-state index in [9.17, 15) is 43.2 Å². The van der Waals surface area contributed by atoms with Crippen LogP contribution in [0.2, 0.25) is 0 Å². The van der Waals surface area contributed by atoms with E-state index < -0.39 is 97.5 Å². The zero-order chi connectivity index (χ0) is 66.5. The van der Waals surface area contributed by atoms with E-state index in [0.717, 1.165) is 115 Å². The predicted octanol–water partition coefficient (Wildman–Crippen LogP) is 19.9. The Bertz CT molecular complexity index is 1850. The lowest BCUT2D eigenvalue weighted by Gasteiger charge is -2.21. The van der Waals surface area contributed by atoms with Crippen LogP contribution >= 0.6 is 15.6 Å². The summed E-state index contributed by atoms with van der Waals surface area (Å²) >= 11 is 0. The normalized spacial score (nSPS) is 14.3. The summed E-state index contributed by atoms with van der Waals surface area (Å²) in [5.74, 6) is -0.694. The summed E-state index contributed by atoms with van der Waals surface area (Å²) in [6, 6.07) is 0. The standard InChI is InChI=1S/C71H134O17P2/c1-7-9-11-13-15-17-19-21-22-23-25-31-37-44-50-56-71(76)87-66(59-81-68(73)53-47-41-35-29-27-26-28-33-39-45-51-63(3)4)61-85-89(77,78)83-57-65(72)58-84-90(79,80)86-62-67(60-82-69(74)54-48-42-38-32-34-40-46-52-64(5)6)88-70(75)55-49-43-36-30-24-20-18-16-14-12-10-8-2/h17,19,21-22,63-67,72H,7-16,18,20,23-62H2,1-6H3,(H,77,78)(H,79,80)/b19-17-,22-21-/t65-,66-,67-/m1/s1. The van der Waals surface area contributed by atoms with Gasteiger partial charge in [-0.1, -0.05) is 284 Å². The first-order valence-corrected chi connectivity index (χ1v) is 39.3. The quantitative estimate of drug-likeness (QED) is 0.0169. The molecule has 19 heteroatoms. The molecule has 0 fully saturated rings. The molecule has 0 amide bonds. The van der Waals surface area contributed by atoms with Gasteiger partial charge in [0.1, 0.15) is 19.3 Å². The molecule has 0 saturated carbocycles. The van der Waals surface area contributed by atoms with Gasteiger partial charge in [0.2, 0.25) is 0 Å². The number of ether oxygens (including phenoxy) is 4. The van der Waals surface area contributed by atoms with Gasteiger partial charge >= 0.3 is 39.5 Å². The second-order valence-corrected chi connectivity index (χ2v) is 28.8. The second kappa shape index (κ2) is 62.6. The number of carbonyl (C=O) groups is 4. The fourth-order valence-corrected chi connectivity index (χ4v) is 11.8. The van der Waals surface area contributed by atoms with Crippen molar-refractivity contribution >= 4 is 39.5 Å². The predicted molar refractivity (Wildman–Crippen MR) is 363 cm³/mol. The highest BCUT2D eigenvalue weighted by Crippen LogP contribution is 2.45. The van der Waals surface area contributed by atoms with Gasteiger partial charge in [-0.25, -0.2) is 9.13 Å². The molecule has 0 radical (unpaired) electrons. The van der Waals surface area contributed by atoms with Crippen molar-refractivity contribution in [2.75, 3.05) is 39.6 Å². The number of hydrogen-bond donors (Lipinski definition) is 3. The number of aliphatic hydroxyl groups is 1. The third-order valence-corrected chi connectivity index (χ3v) is 17.7. The van der Waals surface area contributed by atoms with E-state index in [-0.39, 0.29) is 25.7 Å². The Balaban J connectivity index is 5.29. The van der Waals surface area contributed by atoms with Crippen molar-refractivity contribution in [2.24, 2.45) is 11.8 Å². The average Bonchev–Trinajstić information content (AvgIpc) is 3.72. The van der Waals surface area contributed by atoms with Crippen LogP contribution in [0, 0.1) is 11.8 Å². The number of phosphoric acid groups is 2. The molecule has 0 heterocycles. The van der Waals surface area contributed by atoms with E-state index in [0.29, 0.717) is 31.6 Å². The van der Waals surface area contributed by atoms with Crippen molar-refractivity contribution in [2.45, 2.75) is 355 Å². The molecule has 0 aliphatic rings. The van der Waals surface area contributed by atoms with E-state index in [1.165, 1.54) is 135 Å². The number of esters is 4. The van der Waals surface area contributed by atoms with E-state index >= 15 is 0 Å². The van der Waals surface area contributed by atoms with E-state index in [1.807, 2.05) is 0 Å².